The highest BCUT2D eigenvalue weighted by molar-refractivity contribution is 7.92. The highest BCUT2D eigenvalue weighted by Gasteiger charge is 2.23. The molecule has 92 valence electrons. The van der Waals surface area contributed by atoms with E-state index in [-0.39, 0.29) is 18.8 Å². The lowest BCUT2D eigenvalue weighted by atomic mass is 9.93. The van der Waals surface area contributed by atoms with Crippen LogP contribution in [0.3, 0.4) is 0 Å². The molecule has 0 saturated carbocycles. The summed E-state index contributed by atoms with van der Waals surface area (Å²) in [5, 5.41) is 8.72. The van der Waals surface area contributed by atoms with Gasteiger partial charge in [-0.2, -0.15) is 5.26 Å². The molecule has 0 spiro atoms. The van der Waals surface area contributed by atoms with Crippen LogP contribution in [0.15, 0.2) is 0 Å². The number of hydrogen-bond donors (Lipinski definition) is 0. The molecule has 0 aromatic heterocycles. The zero-order chi connectivity index (χ0) is 12.8. The predicted molar refractivity (Wildman–Crippen MR) is 59.3 cm³/mol. The van der Waals surface area contributed by atoms with Gasteiger partial charge in [0, 0.05) is 0 Å². The van der Waals surface area contributed by atoms with Gasteiger partial charge in [0.25, 0.3) is 0 Å². The molecule has 0 saturated heterocycles. The Kier molecular flexibility index (Phi) is 5.45. The van der Waals surface area contributed by atoms with Crippen molar-refractivity contribution in [3.8, 4) is 6.07 Å². The molecule has 0 bridgehead atoms. The van der Waals surface area contributed by atoms with Crippen molar-refractivity contribution in [2.24, 2.45) is 5.41 Å². The third-order valence-corrected chi connectivity index (χ3v) is 3.49. The monoisotopic (exact) mass is 247 g/mol. The smallest absolute Gasteiger partial charge is 0.321 e. The fourth-order valence-corrected chi connectivity index (χ4v) is 2.33. The Morgan fingerprint density at radius 1 is 1.44 bits per heavy atom. The van der Waals surface area contributed by atoms with Crippen LogP contribution in [0, 0.1) is 16.7 Å². The van der Waals surface area contributed by atoms with Crippen molar-refractivity contribution in [1.82, 2.24) is 0 Å². The topological polar surface area (TPSA) is 84.2 Å². The van der Waals surface area contributed by atoms with E-state index in [2.05, 4.69) is 4.74 Å². The van der Waals surface area contributed by atoms with Crippen LogP contribution in [-0.4, -0.2) is 32.5 Å². The Morgan fingerprint density at radius 3 is 2.44 bits per heavy atom. The highest BCUT2D eigenvalue weighted by Crippen LogP contribution is 2.19. The summed E-state index contributed by atoms with van der Waals surface area (Å²) in [5.74, 6) is -1.52. The SMILES string of the molecule is CCOC(=O)CS(=O)(=O)CCC(C)(C)C#N. The number of hydrogen-bond acceptors (Lipinski definition) is 5. The third-order valence-electron chi connectivity index (χ3n) is 1.98. The number of carbonyl (C=O) groups excluding carboxylic acids is 1. The van der Waals surface area contributed by atoms with Crippen LogP contribution >= 0.6 is 0 Å². The lowest BCUT2D eigenvalue weighted by Gasteiger charge is -2.14. The maximum Gasteiger partial charge on any atom is 0.321 e. The molecular formula is C10H17NO4S. The van der Waals surface area contributed by atoms with E-state index in [0.717, 1.165) is 0 Å². The molecule has 0 aromatic rings. The number of carbonyl (C=O) groups is 1. The van der Waals surface area contributed by atoms with Gasteiger partial charge in [-0.15, -0.1) is 0 Å². The van der Waals surface area contributed by atoms with Gasteiger partial charge in [-0.25, -0.2) is 8.42 Å². The summed E-state index contributed by atoms with van der Waals surface area (Å²) in [5.41, 5.74) is -0.693. The van der Waals surface area contributed by atoms with Crippen molar-refractivity contribution in [1.29, 1.82) is 5.26 Å². The van der Waals surface area contributed by atoms with Gasteiger partial charge in [-0.1, -0.05) is 0 Å². The normalized spacial score (nSPS) is 11.9. The van der Waals surface area contributed by atoms with Crippen LogP contribution < -0.4 is 0 Å². The molecular weight excluding hydrogens is 230 g/mol. The maximum absolute atomic E-state index is 11.5. The van der Waals surface area contributed by atoms with Gasteiger partial charge in [0.2, 0.25) is 0 Å². The van der Waals surface area contributed by atoms with Crippen molar-refractivity contribution in [3.05, 3.63) is 0 Å². The average Bonchev–Trinajstić information content (AvgIpc) is 2.15. The van der Waals surface area contributed by atoms with Crippen molar-refractivity contribution >= 4 is 15.8 Å². The molecule has 0 atom stereocenters. The van der Waals surface area contributed by atoms with Gasteiger partial charge >= 0.3 is 5.97 Å². The van der Waals surface area contributed by atoms with Crippen LogP contribution in [0.2, 0.25) is 0 Å². The number of esters is 1. The largest absolute Gasteiger partial charge is 0.465 e. The van der Waals surface area contributed by atoms with Gasteiger partial charge in [-0.3, -0.25) is 4.79 Å². The lowest BCUT2D eigenvalue weighted by molar-refractivity contribution is -0.139. The summed E-state index contributed by atoms with van der Waals surface area (Å²) in [6.45, 7) is 5.10. The van der Waals surface area contributed by atoms with Crippen LogP contribution in [0.25, 0.3) is 0 Å². The Labute approximate surface area is 96.3 Å². The fourth-order valence-electron chi connectivity index (χ4n) is 0.921. The van der Waals surface area contributed by atoms with Crippen molar-refractivity contribution in [2.45, 2.75) is 27.2 Å². The Hall–Kier alpha value is -1.09. The lowest BCUT2D eigenvalue weighted by Crippen LogP contribution is -2.23. The van der Waals surface area contributed by atoms with E-state index in [1.54, 1.807) is 20.8 Å². The summed E-state index contributed by atoms with van der Waals surface area (Å²) < 4.78 is 27.5. The minimum Gasteiger partial charge on any atom is -0.465 e. The number of sulfone groups is 1. The van der Waals surface area contributed by atoms with E-state index < -0.39 is 27.0 Å². The molecule has 0 fully saturated rings. The first-order valence-corrected chi connectivity index (χ1v) is 6.82. The molecule has 0 aromatic carbocycles. The molecule has 0 heterocycles. The minimum absolute atomic E-state index is 0.165. The molecule has 6 heteroatoms. The molecule has 0 aliphatic heterocycles. The zero-order valence-corrected chi connectivity index (χ0v) is 10.6. The molecule has 0 N–H and O–H groups in total. The molecule has 0 amide bonds. The number of ether oxygens (including phenoxy) is 1. The average molecular weight is 247 g/mol. The van der Waals surface area contributed by atoms with Crippen LogP contribution in [0.1, 0.15) is 27.2 Å². The van der Waals surface area contributed by atoms with Gasteiger partial charge in [0.1, 0.15) is 5.75 Å². The first kappa shape index (κ1) is 14.9. The summed E-state index contributed by atoms with van der Waals surface area (Å²) in [7, 11) is -3.47. The first-order chi connectivity index (χ1) is 7.22. The maximum atomic E-state index is 11.5. The minimum atomic E-state index is -3.47. The van der Waals surface area contributed by atoms with Gasteiger partial charge < -0.3 is 4.74 Å². The van der Waals surface area contributed by atoms with E-state index in [9.17, 15) is 13.2 Å². The van der Waals surface area contributed by atoms with E-state index in [0.29, 0.717) is 0 Å². The van der Waals surface area contributed by atoms with Crippen LogP contribution in [0.4, 0.5) is 0 Å². The summed E-state index contributed by atoms with van der Waals surface area (Å²) >= 11 is 0. The van der Waals surface area contributed by atoms with Gasteiger partial charge in [0.05, 0.1) is 23.8 Å². The second-order valence-corrected chi connectivity index (χ2v) is 6.33. The van der Waals surface area contributed by atoms with Crippen molar-refractivity contribution in [3.63, 3.8) is 0 Å². The Morgan fingerprint density at radius 2 is 2.00 bits per heavy atom. The molecule has 0 radical (unpaired) electrons. The quantitative estimate of drug-likeness (QED) is 0.651. The number of rotatable bonds is 6. The van der Waals surface area contributed by atoms with Crippen LogP contribution in [-0.2, 0) is 19.4 Å². The third kappa shape index (κ3) is 6.40. The first-order valence-electron chi connectivity index (χ1n) is 5.00. The second kappa shape index (κ2) is 5.85. The standard InChI is InChI=1S/C10H17NO4S/c1-4-15-9(12)7-16(13,14)6-5-10(2,3)8-11/h4-7H2,1-3H3. The van der Waals surface area contributed by atoms with Gasteiger partial charge in [0.15, 0.2) is 9.84 Å². The molecule has 0 aliphatic carbocycles. The Balaban J connectivity index is 4.28. The van der Waals surface area contributed by atoms with Gasteiger partial charge in [-0.05, 0) is 27.2 Å². The van der Waals surface area contributed by atoms with Crippen LogP contribution in [0.5, 0.6) is 0 Å². The number of nitriles is 1. The fraction of sp³-hybridized carbons (Fsp3) is 0.800. The predicted octanol–water partition coefficient (Wildman–Crippen LogP) is 0.904. The molecule has 5 nitrogen and oxygen atoms in total. The van der Waals surface area contributed by atoms with Crippen molar-refractivity contribution in [2.75, 3.05) is 18.1 Å². The van der Waals surface area contributed by atoms with E-state index in [1.165, 1.54) is 0 Å². The molecule has 16 heavy (non-hydrogen) atoms. The zero-order valence-electron chi connectivity index (χ0n) is 9.82. The summed E-state index contributed by atoms with van der Waals surface area (Å²) in [4.78, 5) is 11.0. The summed E-state index contributed by atoms with van der Waals surface area (Å²) in [6.07, 6.45) is 0.214. The van der Waals surface area contributed by atoms with E-state index in [4.69, 9.17) is 5.26 Å². The number of nitrogens with zero attached hydrogens (tertiary/aromatic N) is 1. The highest BCUT2D eigenvalue weighted by atomic mass is 32.2. The molecule has 0 aliphatic rings. The van der Waals surface area contributed by atoms with E-state index >= 15 is 0 Å². The molecule has 0 unspecified atom stereocenters. The summed E-state index contributed by atoms with van der Waals surface area (Å²) in [6, 6.07) is 2.01. The Bertz CT molecular complexity index is 378. The van der Waals surface area contributed by atoms with Crippen molar-refractivity contribution < 1.29 is 17.9 Å². The van der Waals surface area contributed by atoms with E-state index in [1.807, 2.05) is 6.07 Å². The second-order valence-electron chi connectivity index (χ2n) is 4.14. The molecule has 0 rings (SSSR count).